The zero-order valence-electron chi connectivity index (χ0n) is 9.27. The summed E-state index contributed by atoms with van der Waals surface area (Å²) in [5.74, 6) is 1.88. The van der Waals surface area contributed by atoms with Crippen LogP contribution in [0.1, 0.15) is 12.5 Å². The van der Waals surface area contributed by atoms with Gasteiger partial charge in [0.2, 0.25) is 0 Å². The van der Waals surface area contributed by atoms with Gasteiger partial charge in [0.25, 0.3) is 0 Å². The molecule has 1 aromatic carbocycles. The summed E-state index contributed by atoms with van der Waals surface area (Å²) in [5, 5.41) is 2.99. The molecule has 17 heavy (non-hydrogen) atoms. The Balaban J connectivity index is 2.70. The quantitative estimate of drug-likeness (QED) is 0.791. The van der Waals surface area contributed by atoms with E-state index in [-0.39, 0.29) is 0 Å². The molecule has 0 saturated carbocycles. The third-order valence-electron chi connectivity index (χ3n) is 2.06. The first-order valence-electron chi connectivity index (χ1n) is 5.13. The lowest BCUT2D eigenvalue weighted by molar-refractivity contribution is -0.137. The van der Waals surface area contributed by atoms with Gasteiger partial charge in [0.05, 0.1) is 5.56 Å². The molecule has 6 heteroatoms. The number of hydrogen-bond acceptors (Lipinski definition) is 2. The Kier molecular flexibility index (Phi) is 5.66. The Morgan fingerprint density at radius 1 is 1.35 bits per heavy atom. The van der Waals surface area contributed by atoms with Gasteiger partial charge in [0, 0.05) is 22.5 Å². The van der Waals surface area contributed by atoms with Gasteiger partial charge in [0.1, 0.15) is 0 Å². The van der Waals surface area contributed by atoms with Gasteiger partial charge in [-0.05, 0) is 39.9 Å². The van der Waals surface area contributed by atoms with Crippen molar-refractivity contribution in [3.05, 3.63) is 28.2 Å². The summed E-state index contributed by atoms with van der Waals surface area (Å²) in [5.41, 5.74) is -0.150. The molecule has 0 bridgehead atoms. The van der Waals surface area contributed by atoms with Crippen molar-refractivity contribution in [1.29, 1.82) is 0 Å². The second-order valence-electron chi connectivity index (χ2n) is 3.32. The van der Waals surface area contributed by atoms with E-state index in [0.717, 1.165) is 23.6 Å². The standard InChI is InChI=1S/C11H13BrF3NS/c1-2-17-6-5-16-10-7-8(11(13,14)15)3-4-9(10)12/h3-4,7,16H,2,5-6H2,1H3. The lowest BCUT2D eigenvalue weighted by Gasteiger charge is -2.12. The predicted octanol–water partition coefficient (Wildman–Crippen LogP) is 4.63. The SMILES string of the molecule is CCSCCNc1cc(C(F)(F)F)ccc1Br. The molecule has 0 atom stereocenters. The summed E-state index contributed by atoms with van der Waals surface area (Å²) in [6.45, 7) is 2.70. The fourth-order valence-corrected chi connectivity index (χ4v) is 2.16. The molecule has 96 valence electrons. The maximum Gasteiger partial charge on any atom is 0.416 e. The van der Waals surface area contributed by atoms with Gasteiger partial charge in [-0.15, -0.1) is 0 Å². The molecule has 0 spiro atoms. The zero-order valence-corrected chi connectivity index (χ0v) is 11.7. The van der Waals surface area contributed by atoms with Crippen LogP contribution in [0.5, 0.6) is 0 Å². The van der Waals surface area contributed by atoms with Crippen molar-refractivity contribution in [1.82, 2.24) is 0 Å². The topological polar surface area (TPSA) is 12.0 Å². The molecule has 0 aliphatic carbocycles. The Labute approximate surface area is 111 Å². The van der Waals surface area contributed by atoms with E-state index >= 15 is 0 Å². The first kappa shape index (κ1) is 14.7. The second kappa shape index (κ2) is 6.54. The average Bonchev–Trinajstić information content (AvgIpc) is 2.25. The number of nitrogens with one attached hydrogen (secondary N) is 1. The second-order valence-corrected chi connectivity index (χ2v) is 5.56. The molecular formula is C11H13BrF3NS. The predicted molar refractivity (Wildman–Crippen MR) is 70.6 cm³/mol. The molecule has 0 aliphatic heterocycles. The van der Waals surface area contributed by atoms with Crippen LogP contribution in [0.3, 0.4) is 0 Å². The Bertz CT molecular complexity index is 368. The van der Waals surface area contributed by atoms with Crippen LogP contribution in [0.2, 0.25) is 0 Å². The fraction of sp³-hybridized carbons (Fsp3) is 0.455. The van der Waals surface area contributed by atoms with Crippen molar-refractivity contribution in [3.8, 4) is 0 Å². The summed E-state index contributed by atoms with van der Waals surface area (Å²) in [6.07, 6.45) is -4.30. The lowest BCUT2D eigenvalue weighted by Crippen LogP contribution is -2.08. The minimum Gasteiger partial charge on any atom is -0.383 e. The highest BCUT2D eigenvalue weighted by molar-refractivity contribution is 9.10. The van der Waals surface area contributed by atoms with Crippen LogP contribution in [-0.2, 0) is 6.18 Å². The Morgan fingerprint density at radius 2 is 2.06 bits per heavy atom. The molecular weight excluding hydrogens is 315 g/mol. The first-order chi connectivity index (χ1) is 7.95. The van der Waals surface area contributed by atoms with Gasteiger partial charge in [-0.3, -0.25) is 0 Å². The van der Waals surface area contributed by atoms with E-state index in [1.807, 2.05) is 6.92 Å². The monoisotopic (exact) mass is 327 g/mol. The number of hydrogen-bond donors (Lipinski definition) is 1. The first-order valence-corrected chi connectivity index (χ1v) is 7.08. The lowest BCUT2D eigenvalue weighted by atomic mass is 10.2. The smallest absolute Gasteiger partial charge is 0.383 e. The third-order valence-corrected chi connectivity index (χ3v) is 3.65. The van der Waals surface area contributed by atoms with E-state index in [1.54, 1.807) is 11.8 Å². The molecule has 0 amide bonds. The zero-order chi connectivity index (χ0) is 12.9. The molecule has 0 aliphatic rings. The molecule has 0 aromatic heterocycles. The molecule has 0 saturated heterocycles. The van der Waals surface area contributed by atoms with Crippen LogP contribution < -0.4 is 5.32 Å². The number of alkyl halides is 3. The maximum atomic E-state index is 12.5. The highest BCUT2D eigenvalue weighted by Gasteiger charge is 2.30. The fourth-order valence-electron chi connectivity index (χ4n) is 1.24. The molecule has 0 unspecified atom stereocenters. The van der Waals surface area contributed by atoms with E-state index in [4.69, 9.17) is 0 Å². The van der Waals surface area contributed by atoms with Gasteiger partial charge in [-0.2, -0.15) is 24.9 Å². The maximum absolute atomic E-state index is 12.5. The summed E-state index contributed by atoms with van der Waals surface area (Å²) in [7, 11) is 0. The van der Waals surface area contributed by atoms with Gasteiger partial charge >= 0.3 is 6.18 Å². The minimum atomic E-state index is -4.30. The average molecular weight is 328 g/mol. The molecule has 1 N–H and O–H groups in total. The van der Waals surface area contributed by atoms with Crippen molar-refractivity contribution < 1.29 is 13.2 Å². The largest absolute Gasteiger partial charge is 0.416 e. The molecule has 1 rings (SSSR count). The highest BCUT2D eigenvalue weighted by Crippen LogP contribution is 2.33. The normalized spacial score (nSPS) is 11.6. The summed E-state index contributed by atoms with van der Waals surface area (Å²) in [6, 6.07) is 3.61. The number of benzene rings is 1. The van der Waals surface area contributed by atoms with Crippen molar-refractivity contribution in [2.75, 3.05) is 23.4 Å². The summed E-state index contributed by atoms with van der Waals surface area (Å²) in [4.78, 5) is 0. The van der Waals surface area contributed by atoms with Gasteiger partial charge < -0.3 is 5.32 Å². The minimum absolute atomic E-state index is 0.483. The number of thioether (sulfide) groups is 1. The third kappa shape index (κ3) is 4.79. The highest BCUT2D eigenvalue weighted by atomic mass is 79.9. The van der Waals surface area contributed by atoms with Crippen LogP contribution >= 0.6 is 27.7 Å². The van der Waals surface area contributed by atoms with E-state index in [2.05, 4.69) is 21.2 Å². The van der Waals surface area contributed by atoms with E-state index in [1.165, 1.54) is 6.07 Å². The molecule has 1 nitrogen and oxygen atoms in total. The van der Waals surface area contributed by atoms with Gasteiger partial charge in [-0.25, -0.2) is 0 Å². The molecule has 0 radical (unpaired) electrons. The van der Waals surface area contributed by atoms with E-state index in [0.29, 0.717) is 16.7 Å². The van der Waals surface area contributed by atoms with E-state index < -0.39 is 11.7 Å². The van der Waals surface area contributed by atoms with Crippen molar-refractivity contribution >= 4 is 33.4 Å². The van der Waals surface area contributed by atoms with Crippen LogP contribution in [0.25, 0.3) is 0 Å². The van der Waals surface area contributed by atoms with Crippen molar-refractivity contribution in [2.45, 2.75) is 13.1 Å². The van der Waals surface area contributed by atoms with Crippen molar-refractivity contribution in [2.24, 2.45) is 0 Å². The van der Waals surface area contributed by atoms with Crippen LogP contribution in [0.15, 0.2) is 22.7 Å². The van der Waals surface area contributed by atoms with Crippen LogP contribution in [0, 0.1) is 0 Å². The molecule has 0 heterocycles. The van der Waals surface area contributed by atoms with Crippen molar-refractivity contribution in [3.63, 3.8) is 0 Å². The molecule has 0 fully saturated rings. The Hall–Kier alpha value is -0.360. The van der Waals surface area contributed by atoms with Crippen LogP contribution in [0.4, 0.5) is 18.9 Å². The summed E-state index contributed by atoms with van der Waals surface area (Å²) < 4.78 is 38.1. The Morgan fingerprint density at radius 3 is 2.65 bits per heavy atom. The van der Waals surface area contributed by atoms with Gasteiger partial charge in [0.15, 0.2) is 0 Å². The summed E-state index contributed by atoms with van der Waals surface area (Å²) >= 11 is 4.97. The number of rotatable bonds is 5. The number of halogens is 4. The molecule has 1 aromatic rings. The van der Waals surface area contributed by atoms with Crippen LogP contribution in [-0.4, -0.2) is 18.1 Å². The van der Waals surface area contributed by atoms with E-state index in [9.17, 15) is 13.2 Å². The van der Waals surface area contributed by atoms with Gasteiger partial charge in [-0.1, -0.05) is 6.92 Å². The number of anilines is 1.